The molecule has 1 aromatic rings. The first-order valence-corrected chi connectivity index (χ1v) is 7.73. The molecule has 1 atom stereocenters. The number of ether oxygens (including phenoxy) is 1. The van der Waals surface area contributed by atoms with Crippen LogP contribution in [0.25, 0.3) is 0 Å². The average molecular weight is 313 g/mol. The van der Waals surface area contributed by atoms with Crippen LogP contribution >= 0.6 is 23.7 Å². The van der Waals surface area contributed by atoms with Crippen LogP contribution in [0.1, 0.15) is 6.92 Å². The fraction of sp³-hybridized carbons (Fsp3) is 0.600. The molecule has 0 aliphatic carbocycles. The number of hydrogen-bond acceptors (Lipinski definition) is 5. The van der Waals surface area contributed by atoms with Gasteiger partial charge in [0.2, 0.25) is 0 Å². The maximum atomic E-state index is 12.5. The zero-order chi connectivity index (χ0) is 12.5. The van der Waals surface area contributed by atoms with Gasteiger partial charge in [-0.05, 0) is 18.4 Å². The van der Waals surface area contributed by atoms with Crippen LogP contribution in [0, 0.1) is 0 Å². The van der Waals surface area contributed by atoms with Gasteiger partial charge in [0, 0.05) is 25.7 Å². The summed E-state index contributed by atoms with van der Waals surface area (Å²) in [6.45, 7) is 3.79. The van der Waals surface area contributed by atoms with E-state index in [4.69, 9.17) is 4.74 Å². The van der Waals surface area contributed by atoms with Crippen LogP contribution in [0.3, 0.4) is 0 Å². The van der Waals surface area contributed by atoms with E-state index < -0.39 is 10.0 Å². The molecule has 1 unspecified atom stereocenters. The minimum absolute atomic E-state index is 0. The summed E-state index contributed by atoms with van der Waals surface area (Å²) in [5.41, 5.74) is 0. The van der Waals surface area contributed by atoms with Gasteiger partial charge in [-0.1, -0.05) is 0 Å². The number of thiophene rings is 1. The molecule has 0 spiro atoms. The third-order valence-corrected chi connectivity index (χ3v) is 6.24. The summed E-state index contributed by atoms with van der Waals surface area (Å²) >= 11 is 1.20. The Kier molecular flexibility index (Phi) is 5.42. The number of methoxy groups -OCH3 is 1. The number of halogens is 1. The fourth-order valence-electron chi connectivity index (χ4n) is 1.91. The molecule has 1 aliphatic heterocycles. The number of nitrogens with one attached hydrogen (secondary N) is 1. The first-order chi connectivity index (χ1) is 8.07. The number of piperazine rings is 1. The molecule has 0 bridgehead atoms. The molecule has 1 aliphatic rings. The Balaban J connectivity index is 0.00000162. The third-order valence-electron chi connectivity index (χ3n) is 2.80. The van der Waals surface area contributed by atoms with E-state index in [0.29, 0.717) is 29.6 Å². The largest absolute Gasteiger partial charge is 0.494 e. The van der Waals surface area contributed by atoms with E-state index >= 15 is 0 Å². The second kappa shape index (κ2) is 6.21. The van der Waals surface area contributed by atoms with Crippen molar-refractivity contribution in [2.75, 3.05) is 26.7 Å². The van der Waals surface area contributed by atoms with Crippen LogP contribution in [-0.4, -0.2) is 45.5 Å². The fourth-order valence-corrected chi connectivity index (χ4v) is 4.93. The maximum absolute atomic E-state index is 12.5. The second-order valence-electron chi connectivity index (χ2n) is 3.95. The Hall–Kier alpha value is -0.340. The van der Waals surface area contributed by atoms with Gasteiger partial charge in [-0.2, -0.15) is 4.31 Å². The zero-order valence-corrected chi connectivity index (χ0v) is 12.7. The van der Waals surface area contributed by atoms with Gasteiger partial charge in [-0.3, -0.25) is 0 Å². The molecule has 0 amide bonds. The van der Waals surface area contributed by atoms with Gasteiger partial charge in [0.1, 0.15) is 5.75 Å². The highest BCUT2D eigenvalue weighted by molar-refractivity contribution is 7.91. The van der Waals surface area contributed by atoms with Crippen LogP contribution in [0.4, 0.5) is 0 Å². The van der Waals surface area contributed by atoms with E-state index in [1.165, 1.54) is 22.8 Å². The Morgan fingerprint density at radius 3 is 2.89 bits per heavy atom. The second-order valence-corrected chi connectivity index (χ2v) is 6.95. The van der Waals surface area contributed by atoms with E-state index in [2.05, 4.69) is 5.32 Å². The van der Waals surface area contributed by atoms with Crippen molar-refractivity contribution in [2.45, 2.75) is 17.2 Å². The van der Waals surface area contributed by atoms with Gasteiger partial charge in [0.15, 0.2) is 4.21 Å². The summed E-state index contributed by atoms with van der Waals surface area (Å²) in [5, 5.41) is 4.91. The first kappa shape index (κ1) is 15.7. The molecule has 104 valence electrons. The Morgan fingerprint density at radius 1 is 1.56 bits per heavy atom. The molecule has 2 rings (SSSR count). The number of nitrogens with zero attached hydrogens (tertiary/aromatic N) is 1. The Labute approximate surface area is 118 Å². The lowest BCUT2D eigenvalue weighted by Gasteiger charge is -2.32. The SMILES string of the molecule is COc1ccsc1S(=O)(=O)N1CCNCC1C.Cl. The molecule has 5 nitrogen and oxygen atoms in total. The molecule has 1 aromatic heterocycles. The monoisotopic (exact) mass is 312 g/mol. The van der Waals surface area contributed by atoms with Crippen molar-refractivity contribution in [3.8, 4) is 5.75 Å². The standard InChI is InChI=1S/C10H16N2O3S2.ClH/c1-8-7-11-4-5-12(8)17(13,14)10-9(15-2)3-6-16-10;/h3,6,8,11H,4-5,7H2,1-2H3;1H. The highest BCUT2D eigenvalue weighted by atomic mass is 35.5. The minimum Gasteiger partial charge on any atom is -0.494 e. The molecule has 0 saturated carbocycles. The van der Waals surface area contributed by atoms with E-state index in [9.17, 15) is 8.42 Å². The third kappa shape index (κ3) is 2.80. The summed E-state index contributed by atoms with van der Waals surface area (Å²) in [6, 6.07) is 1.66. The van der Waals surface area contributed by atoms with Crippen molar-refractivity contribution in [3.63, 3.8) is 0 Å². The van der Waals surface area contributed by atoms with Gasteiger partial charge in [-0.15, -0.1) is 23.7 Å². The summed E-state index contributed by atoms with van der Waals surface area (Å²) in [7, 11) is -1.94. The smallest absolute Gasteiger partial charge is 0.256 e. The van der Waals surface area contributed by atoms with E-state index in [1.807, 2.05) is 6.92 Å². The highest BCUT2D eigenvalue weighted by Gasteiger charge is 2.33. The summed E-state index contributed by atoms with van der Waals surface area (Å²) in [4.78, 5) is 0. The lowest BCUT2D eigenvalue weighted by molar-refractivity contribution is 0.283. The number of sulfonamides is 1. The van der Waals surface area contributed by atoms with E-state index in [-0.39, 0.29) is 18.4 Å². The zero-order valence-electron chi connectivity index (χ0n) is 10.3. The van der Waals surface area contributed by atoms with E-state index in [1.54, 1.807) is 11.4 Å². The molecule has 0 aromatic carbocycles. The quantitative estimate of drug-likeness (QED) is 0.910. The van der Waals surface area contributed by atoms with Crippen LogP contribution in [0.15, 0.2) is 15.7 Å². The summed E-state index contributed by atoms with van der Waals surface area (Å²) < 4.78 is 31.9. The van der Waals surface area contributed by atoms with Gasteiger partial charge < -0.3 is 10.1 Å². The summed E-state index contributed by atoms with van der Waals surface area (Å²) in [5.74, 6) is 0.431. The molecule has 8 heteroatoms. The molecule has 0 radical (unpaired) electrons. The molecule has 1 saturated heterocycles. The normalized spacial score (nSPS) is 21.3. The predicted octanol–water partition coefficient (Wildman–Crippen LogP) is 1.16. The van der Waals surface area contributed by atoms with Crippen molar-refractivity contribution in [1.82, 2.24) is 9.62 Å². The lowest BCUT2D eigenvalue weighted by Crippen LogP contribution is -2.51. The minimum atomic E-state index is -3.42. The number of rotatable bonds is 3. The average Bonchev–Trinajstić information content (AvgIpc) is 2.78. The molecule has 1 fully saturated rings. The molecule has 1 N–H and O–H groups in total. The first-order valence-electron chi connectivity index (χ1n) is 5.41. The van der Waals surface area contributed by atoms with E-state index in [0.717, 1.165) is 0 Å². The van der Waals surface area contributed by atoms with Crippen LogP contribution in [-0.2, 0) is 10.0 Å². The van der Waals surface area contributed by atoms with Crippen LogP contribution in [0.2, 0.25) is 0 Å². The van der Waals surface area contributed by atoms with Crippen molar-refractivity contribution in [3.05, 3.63) is 11.4 Å². The predicted molar refractivity (Wildman–Crippen MR) is 74.3 cm³/mol. The van der Waals surface area contributed by atoms with Crippen molar-refractivity contribution in [2.24, 2.45) is 0 Å². The Bertz CT molecular complexity index is 489. The van der Waals surface area contributed by atoms with Gasteiger partial charge in [0.25, 0.3) is 10.0 Å². The molecule has 2 heterocycles. The lowest BCUT2D eigenvalue weighted by atomic mass is 10.3. The van der Waals surface area contributed by atoms with Gasteiger partial charge in [-0.25, -0.2) is 8.42 Å². The van der Waals surface area contributed by atoms with Gasteiger partial charge >= 0.3 is 0 Å². The van der Waals surface area contributed by atoms with Crippen molar-refractivity contribution >= 4 is 33.8 Å². The van der Waals surface area contributed by atoms with Crippen molar-refractivity contribution < 1.29 is 13.2 Å². The van der Waals surface area contributed by atoms with Crippen LogP contribution in [0.5, 0.6) is 5.75 Å². The maximum Gasteiger partial charge on any atom is 0.256 e. The molecular formula is C10H17ClN2O3S2. The molecule has 18 heavy (non-hydrogen) atoms. The van der Waals surface area contributed by atoms with Crippen LogP contribution < -0.4 is 10.1 Å². The Morgan fingerprint density at radius 2 is 2.28 bits per heavy atom. The topological polar surface area (TPSA) is 58.6 Å². The van der Waals surface area contributed by atoms with Crippen molar-refractivity contribution in [1.29, 1.82) is 0 Å². The summed E-state index contributed by atoms with van der Waals surface area (Å²) in [6.07, 6.45) is 0. The number of hydrogen-bond donors (Lipinski definition) is 1. The highest BCUT2D eigenvalue weighted by Crippen LogP contribution is 2.32. The van der Waals surface area contributed by atoms with Gasteiger partial charge in [0.05, 0.1) is 7.11 Å². The molecular weight excluding hydrogens is 296 g/mol.